The number of aromatic nitrogens is 2. The first-order valence-corrected chi connectivity index (χ1v) is 11.8. The standard InChI is InChI=1S/C24H25BrN4S/c1-16-14-19(9-10-20(16)25)29-23(17-11-13-28(15-17)18-6-2-3-7-18)22(27-24(29)30)21-8-4-5-12-26-21/h4-5,8-15,18,22-23H,2-3,6-7H2,1H3,(H,27,30)/t22-,23+/m0/s1. The van der Waals surface area contributed by atoms with Gasteiger partial charge in [0, 0.05) is 34.8 Å². The molecule has 1 aliphatic heterocycles. The Bertz CT molecular complexity index is 1060. The van der Waals surface area contributed by atoms with Gasteiger partial charge in [-0.1, -0.05) is 34.8 Å². The number of hydrogen-bond donors (Lipinski definition) is 1. The van der Waals surface area contributed by atoms with Gasteiger partial charge < -0.3 is 14.8 Å². The molecule has 1 saturated carbocycles. The highest BCUT2D eigenvalue weighted by Crippen LogP contribution is 2.43. The molecular formula is C24H25BrN4S. The van der Waals surface area contributed by atoms with E-state index in [2.05, 4.69) is 85.3 Å². The van der Waals surface area contributed by atoms with Gasteiger partial charge in [0.1, 0.15) is 0 Å². The molecule has 6 heteroatoms. The van der Waals surface area contributed by atoms with Crippen LogP contribution < -0.4 is 10.2 Å². The van der Waals surface area contributed by atoms with Crippen LogP contribution in [0, 0.1) is 6.92 Å². The van der Waals surface area contributed by atoms with Crippen molar-refractivity contribution < 1.29 is 0 Å². The van der Waals surface area contributed by atoms with Crippen LogP contribution in [0.25, 0.3) is 0 Å². The van der Waals surface area contributed by atoms with E-state index in [9.17, 15) is 0 Å². The summed E-state index contributed by atoms with van der Waals surface area (Å²) in [7, 11) is 0. The zero-order valence-electron chi connectivity index (χ0n) is 17.0. The minimum atomic E-state index is 0.00193. The van der Waals surface area contributed by atoms with E-state index in [1.54, 1.807) is 0 Å². The molecule has 5 rings (SSSR count). The SMILES string of the molecule is Cc1cc(N2C(=S)N[C@@H](c3ccccn3)[C@H]2c2ccn(C3CCCC3)c2)ccc1Br. The van der Waals surface area contributed by atoms with Crippen LogP contribution in [0.3, 0.4) is 0 Å². The summed E-state index contributed by atoms with van der Waals surface area (Å²) in [5.41, 5.74) is 4.57. The summed E-state index contributed by atoms with van der Waals surface area (Å²) in [6.45, 7) is 2.11. The summed E-state index contributed by atoms with van der Waals surface area (Å²) in [5.74, 6) is 0. The molecule has 1 N–H and O–H groups in total. The van der Waals surface area contributed by atoms with Crippen LogP contribution in [-0.2, 0) is 0 Å². The second-order valence-corrected chi connectivity index (χ2v) is 9.50. The molecule has 3 aromatic rings. The first-order chi connectivity index (χ1) is 14.6. The second kappa shape index (κ2) is 8.16. The van der Waals surface area contributed by atoms with Crippen molar-refractivity contribution in [3.63, 3.8) is 0 Å². The van der Waals surface area contributed by atoms with Crippen molar-refractivity contribution in [2.45, 2.75) is 50.7 Å². The van der Waals surface area contributed by atoms with Crippen molar-refractivity contribution in [1.29, 1.82) is 0 Å². The van der Waals surface area contributed by atoms with Gasteiger partial charge in [0.05, 0.1) is 17.8 Å². The Kier molecular flexibility index (Phi) is 5.37. The van der Waals surface area contributed by atoms with Gasteiger partial charge in [-0.3, -0.25) is 4.98 Å². The maximum Gasteiger partial charge on any atom is 0.174 e. The molecule has 1 aliphatic carbocycles. The zero-order valence-corrected chi connectivity index (χ0v) is 19.4. The highest BCUT2D eigenvalue weighted by atomic mass is 79.9. The molecular weight excluding hydrogens is 456 g/mol. The minimum Gasteiger partial charge on any atom is -0.351 e. The first kappa shape index (κ1) is 19.8. The van der Waals surface area contributed by atoms with Gasteiger partial charge in [-0.15, -0.1) is 0 Å². The molecule has 0 radical (unpaired) electrons. The third kappa shape index (κ3) is 3.56. The molecule has 0 unspecified atom stereocenters. The van der Waals surface area contributed by atoms with Gasteiger partial charge in [0.2, 0.25) is 0 Å². The summed E-state index contributed by atoms with van der Waals surface area (Å²) in [5, 5.41) is 4.30. The number of rotatable bonds is 4. The average molecular weight is 481 g/mol. The molecule has 2 fully saturated rings. The Labute approximate surface area is 191 Å². The largest absolute Gasteiger partial charge is 0.351 e. The van der Waals surface area contributed by atoms with Crippen molar-refractivity contribution in [3.8, 4) is 0 Å². The molecule has 4 nitrogen and oxygen atoms in total. The van der Waals surface area contributed by atoms with Crippen molar-refractivity contribution >= 4 is 38.9 Å². The first-order valence-electron chi connectivity index (χ1n) is 10.6. The van der Waals surface area contributed by atoms with Crippen molar-refractivity contribution in [2.24, 2.45) is 0 Å². The lowest BCUT2D eigenvalue weighted by atomic mass is 9.98. The molecule has 0 bridgehead atoms. The molecule has 2 atom stereocenters. The average Bonchev–Trinajstić information content (AvgIpc) is 3.50. The van der Waals surface area contributed by atoms with Gasteiger partial charge in [-0.05, 0) is 79.5 Å². The summed E-state index contributed by atoms with van der Waals surface area (Å²) in [6, 6.07) is 15.4. The van der Waals surface area contributed by atoms with E-state index in [-0.39, 0.29) is 12.1 Å². The van der Waals surface area contributed by atoms with E-state index >= 15 is 0 Å². The number of nitrogens with zero attached hydrogens (tertiary/aromatic N) is 3. The number of halogens is 1. The Hall–Kier alpha value is -2.18. The van der Waals surface area contributed by atoms with E-state index in [1.165, 1.54) is 36.8 Å². The lowest BCUT2D eigenvalue weighted by Gasteiger charge is -2.27. The lowest BCUT2D eigenvalue weighted by molar-refractivity contribution is 0.515. The summed E-state index contributed by atoms with van der Waals surface area (Å²) >= 11 is 9.46. The smallest absolute Gasteiger partial charge is 0.174 e. The number of pyridine rings is 1. The number of thiocarbonyl (C=S) groups is 1. The minimum absolute atomic E-state index is 0.00193. The predicted molar refractivity (Wildman–Crippen MR) is 129 cm³/mol. The number of benzene rings is 1. The summed E-state index contributed by atoms with van der Waals surface area (Å²) in [4.78, 5) is 6.90. The van der Waals surface area contributed by atoms with E-state index < -0.39 is 0 Å². The number of hydrogen-bond acceptors (Lipinski definition) is 2. The molecule has 2 aliphatic rings. The van der Waals surface area contributed by atoms with Crippen molar-refractivity contribution in [2.75, 3.05) is 4.90 Å². The van der Waals surface area contributed by atoms with Crippen LogP contribution >= 0.6 is 28.1 Å². The van der Waals surface area contributed by atoms with Crippen molar-refractivity contribution in [3.05, 3.63) is 82.3 Å². The fourth-order valence-electron chi connectivity index (χ4n) is 4.79. The molecule has 1 aromatic carbocycles. The number of nitrogens with one attached hydrogen (secondary N) is 1. The number of aryl methyl sites for hydroxylation is 1. The summed E-state index contributed by atoms with van der Waals surface area (Å²) < 4.78 is 3.51. The van der Waals surface area contributed by atoms with Crippen LogP contribution in [-0.4, -0.2) is 14.7 Å². The Morgan fingerprint density at radius 3 is 2.70 bits per heavy atom. The molecule has 0 amide bonds. The zero-order chi connectivity index (χ0) is 20.7. The fourth-order valence-corrected chi connectivity index (χ4v) is 5.38. The van der Waals surface area contributed by atoms with Crippen LogP contribution in [0.1, 0.15) is 60.6 Å². The van der Waals surface area contributed by atoms with Gasteiger partial charge >= 0.3 is 0 Å². The van der Waals surface area contributed by atoms with Crippen LogP contribution in [0.4, 0.5) is 5.69 Å². The maximum atomic E-state index is 5.84. The third-order valence-electron chi connectivity index (χ3n) is 6.34. The van der Waals surface area contributed by atoms with E-state index in [0.29, 0.717) is 6.04 Å². The fraction of sp³-hybridized carbons (Fsp3) is 0.333. The van der Waals surface area contributed by atoms with E-state index in [4.69, 9.17) is 12.2 Å². The predicted octanol–water partition coefficient (Wildman–Crippen LogP) is 6.25. The Balaban J connectivity index is 1.58. The number of anilines is 1. The highest BCUT2D eigenvalue weighted by Gasteiger charge is 2.41. The van der Waals surface area contributed by atoms with Gasteiger partial charge in [-0.2, -0.15) is 0 Å². The van der Waals surface area contributed by atoms with Gasteiger partial charge in [-0.25, -0.2) is 0 Å². The topological polar surface area (TPSA) is 33.1 Å². The molecule has 30 heavy (non-hydrogen) atoms. The van der Waals surface area contributed by atoms with E-state index in [1.807, 2.05) is 18.3 Å². The van der Waals surface area contributed by atoms with Crippen LogP contribution in [0.15, 0.2) is 65.5 Å². The normalized spacial score (nSPS) is 21.9. The van der Waals surface area contributed by atoms with Crippen LogP contribution in [0.2, 0.25) is 0 Å². The molecule has 0 spiro atoms. The van der Waals surface area contributed by atoms with E-state index in [0.717, 1.165) is 21.0 Å². The van der Waals surface area contributed by atoms with Crippen molar-refractivity contribution in [1.82, 2.24) is 14.9 Å². The lowest BCUT2D eigenvalue weighted by Crippen LogP contribution is -2.29. The monoisotopic (exact) mass is 480 g/mol. The third-order valence-corrected chi connectivity index (χ3v) is 7.55. The molecule has 3 heterocycles. The Morgan fingerprint density at radius 1 is 1.13 bits per heavy atom. The van der Waals surface area contributed by atoms with Gasteiger partial charge in [0.15, 0.2) is 5.11 Å². The van der Waals surface area contributed by atoms with Crippen LogP contribution in [0.5, 0.6) is 0 Å². The molecule has 1 saturated heterocycles. The molecule has 154 valence electrons. The quantitative estimate of drug-likeness (QED) is 0.447. The second-order valence-electron chi connectivity index (χ2n) is 8.26. The summed E-state index contributed by atoms with van der Waals surface area (Å²) in [6.07, 6.45) is 11.6. The maximum absolute atomic E-state index is 5.84. The van der Waals surface area contributed by atoms with Gasteiger partial charge in [0.25, 0.3) is 0 Å². The highest BCUT2D eigenvalue weighted by molar-refractivity contribution is 9.10. The molecule has 2 aromatic heterocycles. The Morgan fingerprint density at radius 2 is 1.97 bits per heavy atom.